The minimum absolute atomic E-state index is 0. The molecule has 0 aromatic carbocycles. The number of halogens is 1. The Bertz CT molecular complexity index is 507. The molecule has 0 saturated carbocycles. The third-order valence-corrected chi connectivity index (χ3v) is 5.88. The number of rotatable bonds is 4. The fourth-order valence-corrected chi connectivity index (χ4v) is 4.23. The molecule has 1 atom stereocenters. The van der Waals surface area contributed by atoms with Crippen molar-refractivity contribution in [3.63, 3.8) is 0 Å². The number of carbonyl (C=O) groups excluding carboxylic acids is 1. The average molecular weight is 508 g/mol. The highest BCUT2D eigenvalue weighted by Gasteiger charge is 2.25. The van der Waals surface area contributed by atoms with Gasteiger partial charge in [0.2, 0.25) is 5.91 Å². The SMILES string of the molecule is CN=C(NCC1CCCN(C)C1)N1CCN(CC(=O)N2CCOCC2)CC1.I. The highest BCUT2D eigenvalue weighted by Crippen LogP contribution is 2.14. The van der Waals surface area contributed by atoms with E-state index in [-0.39, 0.29) is 29.9 Å². The van der Waals surface area contributed by atoms with Gasteiger partial charge in [0, 0.05) is 59.4 Å². The number of amides is 1. The largest absolute Gasteiger partial charge is 0.378 e. The summed E-state index contributed by atoms with van der Waals surface area (Å²) in [5, 5.41) is 3.58. The van der Waals surface area contributed by atoms with Crippen molar-refractivity contribution < 1.29 is 9.53 Å². The lowest BCUT2D eigenvalue weighted by Gasteiger charge is -2.38. The van der Waals surface area contributed by atoms with Crippen molar-refractivity contribution in [2.45, 2.75) is 12.8 Å². The molecule has 28 heavy (non-hydrogen) atoms. The van der Waals surface area contributed by atoms with Crippen LogP contribution in [0, 0.1) is 5.92 Å². The van der Waals surface area contributed by atoms with Gasteiger partial charge in [0.05, 0.1) is 19.8 Å². The van der Waals surface area contributed by atoms with Crippen molar-refractivity contribution in [1.29, 1.82) is 0 Å². The van der Waals surface area contributed by atoms with Crippen LogP contribution in [0.25, 0.3) is 0 Å². The summed E-state index contributed by atoms with van der Waals surface area (Å²) < 4.78 is 5.33. The van der Waals surface area contributed by atoms with Crippen LogP contribution in [0.4, 0.5) is 0 Å². The first-order valence-corrected chi connectivity index (χ1v) is 10.4. The normalized spacial score (nSPS) is 25.4. The van der Waals surface area contributed by atoms with Crippen molar-refractivity contribution in [2.75, 3.05) is 92.8 Å². The molecule has 3 heterocycles. The van der Waals surface area contributed by atoms with Crippen molar-refractivity contribution in [3.8, 4) is 0 Å². The molecule has 3 rings (SSSR count). The summed E-state index contributed by atoms with van der Waals surface area (Å²) in [6.07, 6.45) is 2.59. The van der Waals surface area contributed by atoms with Crippen LogP contribution in [-0.2, 0) is 9.53 Å². The molecular formula is C19H37IN6O2. The van der Waals surface area contributed by atoms with Gasteiger partial charge in [-0.05, 0) is 32.4 Å². The van der Waals surface area contributed by atoms with E-state index in [0.717, 1.165) is 51.8 Å². The van der Waals surface area contributed by atoms with Crippen LogP contribution in [0.15, 0.2) is 4.99 Å². The molecule has 0 aromatic rings. The minimum Gasteiger partial charge on any atom is -0.378 e. The summed E-state index contributed by atoms with van der Waals surface area (Å²) in [7, 11) is 4.07. The first kappa shape index (κ1) is 23.6. The van der Waals surface area contributed by atoms with E-state index in [4.69, 9.17) is 4.74 Å². The molecule has 3 aliphatic rings. The van der Waals surface area contributed by atoms with Gasteiger partial charge in [-0.3, -0.25) is 14.7 Å². The van der Waals surface area contributed by atoms with Gasteiger partial charge in [-0.1, -0.05) is 0 Å². The van der Waals surface area contributed by atoms with Crippen LogP contribution in [0.5, 0.6) is 0 Å². The molecule has 0 bridgehead atoms. The van der Waals surface area contributed by atoms with Gasteiger partial charge in [-0.15, -0.1) is 24.0 Å². The Labute approximate surface area is 186 Å². The summed E-state index contributed by atoms with van der Waals surface area (Å²) in [6.45, 7) is 10.3. The first-order chi connectivity index (χ1) is 13.2. The topological polar surface area (TPSA) is 63.7 Å². The molecule has 0 aromatic heterocycles. The third-order valence-electron chi connectivity index (χ3n) is 5.88. The van der Waals surface area contributed by atoms with Crippen molar-refractivity contribution in [2.24, 2.45) is 10.9 Å². The molecule has 0 spiro atoms. The van der Waals surface area contributed by atoms with Crippen LogP contribution in [0.3, 0.4) is 0 Å². The number of nitrogens with zero attached hydrogens (tertiary/aromatic N) is 5. The maximum Gasteiger partial charge on any atom is 0.236 e. The summed E-state index contributed by atoms with van der Waals surface area (Å²) >= 11 is 0. The number of carbonyl (C=O) groups is 1. The van der Waals surface area contributed by atoms with E-state index in [0.29, 0.717) is 25.7 Å². The molecule has 0 aliphatic carbocycles. The van der Waals surface area contributed by atoms with Crippen LogP contribution in [0.2, 0.25) is 0 Å². The molecule has 1 N–H and O–H groups in total. The number of hydrogen-bond donors (Lipinski definition) is 1. The second-order valence-corrected chi connectivity index (χ2v) is 7.95. The lowest BCUT2D eigenvalue weighted by Crippen LogP contribution is -2.55. The lowest BCUT2D eigenvalue weighted by molar-refractivity contribution is -0.136. The van der Waals surface area contributed by atoms with Crippen LogP contribution >= 0.6 is 24.0 Å². The van der Waals surface area contributed by atoms with E-state index in [1.807, 2.05) is 11.9 Å². The van der Waals surface area contributed by atoms with Crippen molar-refractivity contribution in [3.05, 3.63) is 0 Å². The average Bonchev–Trinajstić information content (AvgIpc) is 2.70. The first-order valence-electron chi connectivity index (χ1n) is 10.4. The molecule has 162 valence electrons. The molecule has 3 aliphatic heterocycles. The zero-order chi connectivity index (χ0) is 19.1. The van der Waals surface area contributed by atoms with E-state index in [2.05, 4.69) is 32.1 Å². The number of nitrogens with one attached hydrogen (secondary N) is 1. The van der Waals surface area contributed by atoms with Crippen LogP contribution in [-0.4, -0.2) is 124 Å². The molecule has 8 nitrogen and oxygen atoms in total. The predicted octanol–water partition coefficient (Wildman–Crippen LogP) is -0.00200. The Hall–Kier alpha value is -0.650. The van der Waals surface area contributed by atoms with E-state index >= 15 is 0 Å². The molecule has 3 fully saturated rings. The summed E-state index contributed by atoms with van der Waals surface area (Å²) in [4.78, 5) is 25.8. The Morgan fingerprint density at radius 2 is 1.79 bits per heavy atom. The highest BCUT2D eigenvalue weighted by molar-refractivity contribution is 14.0. The van der Waals surface area contributed by atoms with Crippen molar-refractivity contribution >= 4 is 35.8 Å². The van der Waals surface area contributed by atoms with Gasteiger partial charge in [0.15, 0.2) is 5.96 Å². The molecule has 1 unspecified atom stereocenters. The number of aliphatic imine (C=N–C) groups is 1. The molecule has 1 amide bonds. The lowest BCUT2D eigenvalue weighted by atomic mass is 9.98. The molecule has 9 heteroatoms. The predicted molar refractivity (Wildman–Crippen MR) is 122 cm³/mol. The number of piperidine rings is 1. The van der Waals surface area contributed by atoms with Gasteiger partial charge in [0.1, 0.15) is 0 Å². The Morgan fingerprint density at radius 3 is 2.43 bits per heavy atom. The number of piperazine rings is 1. The number of ether oxygens (including phenoxy) is 1. The summed E-state index contributed by atoms with van der Waals surface area (Å²) in [5.41, 5.74) is 0. The van der Waals surface area contributed by atoms with Crippen LogP contribution < -0.4 is 5.32 Å². The molecular weight excluding hydrogens is 471 g/mol. The van der Waals surface area contributed by atoms with E-state index < -0.39 is 0 Å². The van der Waals surface area contributed by atoms with Crippen LogP contribution in [0.1, 0.15) is 12.8 Å². The van der Waals surface area contributed by atoms with Gasteiger partial charge in [-0.2, -0.15) is 0 Å². The van der Waals surface area contributed by atoms with E-state index in [9.17, 15) is 4.79 Å². The fourth-order valence-electron chi connectivity index (χ4n) is 4.23. The number of morpholine rings is 1. The zero-order valence-electron chi connectivity index (χ0n) is 17.4. The maximum absolute atomic E-state index is 12.4. The number of hydrogen-bond acceptors (Lipinski definition) is 5. The number of likely N-dealkylation sites (tertiary alicyclic amines) is 1. The van der Waals surface area contributed by atoms with Gasteiger partial charge in [0.25, 0.3) is 0 Å². The summed E-state index contributed by atoms with van der Waals surface area (Å²) in [6, 6.07) is 0. The molecule has 3 saturated heterocycles. The third kappa shape index (κ3) is 7.00. The smallest absolute Gasteiger partial charge is 0.236 e. The Kier molecular flexibility index (Phi) is 10.2. The standard InChI is InChI=1S/C19H36N6O2.HI/c1-20-19(21-14-17-4-3-5-22(2)15-17)25-8-6-23(7-9-25)16-18(26)24-10-12-27-13-11-24;/h17H,3-16H2,1-2H3,(H,20,21);1H. The van der Waals surface area contributed by atoms with Gasteiger partial charge >= 0.3 is 0 Å². The second kappa shape index (κ2) is 12.1. The monoisotopic (exact) mass is 508 g/mol. The Morgan fingerprint density at radius 1 is 1.07 bits per heavy atom. The summed E-state index contributed by atoms with van der Waals surface area (Å²) in [5.74, 6) is 1.94. The fraction of sp³-hybridized carbons (Fsp3) is 0.895. The van der Waals surface area contributed by atoms with Gasteiger partial charge < -0.3 is 24.8 Å². The quantitative estimate of drug-likeness (QED) is 0.328. The Balaban J connectivity index is 0.00000280. The number of guanidine groups is 1. The minimum atomic E-state index is 0. The van der Waals surface area contributed by atoms with E-state index in [1.54, 1.807) is 0 Å². The highest BCUT2D eigenvalue weighted by atomic mass is 127. The van der Waals surface area contributed by atoms with Crippen molar-refractivity contribution in [1.82, 2.24) is 24.9 Å². The van der Waals surface area contributed by atoms with E-state index in [1.165, 1.54) is 25.9 Å². The van der Waals surface area contributed by atoms with Gasteiger partial charge in [-0.25, -0.2) is 0 Å². The molecule has 0 radical (unpaired) electrons. The maximum atomic E-state index is 12.4. The zero-order valence-corrected chi connectivity index (χ0v) is 19.8. The second-order valence-electron chi connectivity index (χ2n) is 7.95.